The van der Waals surface area contributed by atoms with Crippen molar-refractivity contribution >= 4 is 17.2 Å². The molecule has 3 aliphatic rings. The molecule has 42 heavy (non-hydrogen) atoms. The summed E-state index contributed by atoms with van der Waals surface area (Å²) in [7, 11) is 0. The number of phenols is 1. The highest BCUT2D eigenvalue weighted by Gasteiger charge is 2.34. The summed E-state index contributed by atoms with van der Waals surface area (Å²) in [6, 6.07) is 9.91. The number of hydrogen-bond acceptors (Lipinski definition) is 7. The topological polar surface area (TPSA) is 91.2 Å². The van der Waals surface area contributed by atoms with E-state index < -0.39 is 6.36 Å². The van der Waals surface area contributed by atoms with Crippen molar-refractivity contribution in [3.63, 3.8) is 0 Å². The summed E-state index contributed by atoms with van der Waals surface area (Å²) >= 11 is 6.29. The van der Waals surface area contributed by atoms with E-state index in [0.717, 1.165) is 74.4 Å². The van der Waals surface area contributed by atoms with E-state index in [1.807, 2.05) is 12.1 Å². The van der Waals surface area contributed by atoms with E-state index in [4.69, 9.17) is 23.1 Å². The van der Waals surface area contributed by atoms with Gasteiger partial charge < -0.3 is 26.2 Å². The molecule has 1 aliphatic carbocycles. The molecule has 0 bridgehead atoms. The molecule has 5 N–H and O–H groups in total. The van der Waals surface area contributed by atoms with Gasteiger partial charge in [-0.2, -0.15) is 0 Å². The Balaban J connectivity index is 1.29. The Bertz CT molecular complexity index is 1370. The summed E-state index contributed by atoms with van der Waals surface area (Å²) in [5, 5.41) is 10.3. The van der Waals surface area contributed by atoms with Gasteiger partial charge in [0.1, 0.15) is 11.5 Å². The predicted molar refractivity (Wildman–Crippen MR) is 159 cm³/mol. The van der Waals surface area contributed by atoms with Gasteiger partial charge in [0.25, 0.3) is 0 Å². The molecular formula is C31H37ClF3N5O2. The van der Waals surface area contributed by atoms with Crippen molar-refractivity contribution in [2.45, 2.75) is 38.3 Å². The van der Waals surface area contributed by atoms with Crippen molar-refractivity contribution < 1.29 is 23.0 Å². The fraction of sp³-hybridized carbons (Fsp3) is 0.419. The third-order valence-electron chi connectivity index (χ3n) is 8.07. The summed E-state index contributed by atoms with van der Waals surface area (Å²) in [6.07, 6.45) is 3.55. The Morgan fingerprint density at radius 2 is 1.74 bits per heavy atom. The molecule has 1 fully saturated rings. The molecule has 226 valence electrons. The van der Waals surface area contributed by atoms with Crippen LogP contribution in [0.4, 0.5) is 13.2 Å². The maximum Gasteiger partial charge on any atom is 0.573 e. The Morgan fingerprint density at radius 1 is 1.00 bits per heavy atom. The van der Waals surface area contributed by atoms with Crippen LogP contribution in [0.5, 0.6) is 11.5 Å². The highest BCUT2D eigenvalue weighted by molar-refractivity contribution is 6.32. The largest absolute Gasteiger partial charge is 0.573 e. The van der Waals surface area contributed by atoms with Crippen LogP contribution in [-0.2, 0) is 13.1 Å². The van der Waals surface area contributed by atoms with E-state index in [0.29, 0.717) is 23.7 Å². The number of rotatable bonds is 10. The molecule has 1 atom stereocenters. The second-order valence-corrected chi connectivity index (χ2v) is 11.3. The number of benzene rings is 2. The van der Waals surface area contributed by atoms with Crippen molar-refractivity contribution in [2.75, 3.05) is 45.8 Å². The molecule has 1 unspecified atom stereocenters. The molecule has 1 saturated heterocycles. The fourth-order valence-corrected chi connectivity index (χ4v) is 6.15. The summed E-state index contributed by atoms with van der Waals surface area (Å²) < 4.78 is 42.7. The van der Waals surface area contributed by atoms with E-state index >= 15 is 0 Å². The number of phenolic OH excluding ortho intramolecular Hbond substituents is 1. The lowest BCUT2D eigenvalue weighted by Gasteiger charge is -2.36. The molecule has 0 aromatic heterocycles. The van der Waals surface area contributed by atoms with E-state index in [1.165, 1.54) is 17.7 Å². The molecule has 2 aliphatic heterocycles. The van der Waals surface area contributed by atoms with Crippen LogP contribution in [0.2, 0.25) is 5.02 Å². The normalized spacial score (nSPS) is 19.8. The number of fused-ring (bicyclic) bond motifs is 1. The number of halogens is 4. The average Bonchev–Trinajstić information content (AvgIpc) is 3.32. The summed E-state index contributed by atoms with van der Waals surface area (Å²) in [5.41, 5.74) is 17.5. The number of hydrogen-bond donors (Lipinski definition) is 3. The molecule has 0 amide bonds. The lowest BCUT2D eigenvalue weighted by molar-refractivity contribution is -0.274. The quantitative estimate of drug-likeness (QED) is 0.358. The molecule has 2 aromatic carbocycles. The van der Waals surface area contributed by atoms with Crippen LogP contribution in [0.15, 0.2) is 65.9 Å². The zero-order valence-electron chi connectivity index (χ0n) is 23.4. The molecule has 2 aromatic rings. The van der Waals surface area contributed by atoms with Crippen LogP contribution < -0.4 is 16.2 Å². The molecule has 2 heterocycles. The van der Waals surface area contributed by atoms with Gasteiger partial charge in [-0.15, -0.1) is 13.2 Å². The Hall–Kier alpha value is -3.02. The summed E-state index contributed by atoms with van der Waals surface area (Å²) in [6.45, 7) is 6.56. The lowest BCUT2D eigenvalue weighted by atomic mass is 9.87. The Labute approximate surface area is 249 Å². The third-order valence-corrected chi connectivity index (χ3v) is 8.51. The van der Waals surface area contributed by atoms with Gasteiger partial charge in [-0.25, -0.2) is 0 Å². The van der Waals surface area contributed by atoms with Crippen LogP contribution in [0.25, 0.3) is 5.57 Å². The second-order valence-electron chi connectivity index (χ2n) is 10.9. The van der Waals surface area contributed by atoms with Crippen LogP contribution in [0, 0.1) is 0 Å². The molecule has 0 spiro atoms. The fourth-order valence-electron chi connectivity index (χ4n) is 5.97. The van der Waals surface area contributed by atoms with E-state index in [1.54, 1.807) is 12.1 Å². The first kappa shape index (κ1) is 30.4. The van der Waals surface area contributed by atoms with E-state index in [2.05, 4.69) is 37.8 Å². The van der Waals surface area contributed by atoms with Crippen LogP contribution in [0.3, 0.4) is 0 Å². The molecular weight excluding hydrogens is 567 g/mol. The first-order chi connectivity index (χ1) is 20.1. The van der Waals surface area contributed by atoms with Crippen molar-refractivity contribution in [1.82, 2.24) is 14.7 Å². The zero-order chi connectivity index (χ0) is 29.9. The number of piperazine rings is 1. The highest BCUT2D eigenvalue weighted by Crippen LogP contribution is 2.42. The second kappa shape index (κ2) is 13.1. The minimum absolute atomic E-state index is 0.0866. The van der Waals surface area contributed by atoms with Gasteiger partial charge in [-0.1, -0.05) is 42.0 Å². The Kier molecular flexibility index (Phi) is 9.49. The van der Waals surface area contributed by atoms with Gasteiger partial charge in [0.2, 0.25) is 0 Å². The first-order valence-corrected chi connectivity index (χ1v) is 14.6. The molecule has 0 saturated carbocycles. The lowest BCUT2D eigenvalue weighted by Crippen LogP contribution is -2.46. The SMILES string of the molecule is NCCCN1C=C(c2ccc(OC(F)(F)F)cc2CN)C2=CC(CN3CCN(Cc4cccc(O)c4Cl)CC3)=CCC21. The molecule has 5 rings (SSSR count). The molecule has 0 radical (unpaired) electrons. The van der Waals surface area contributed by atoms with Gasteiger partial charge in [0, 0.05) is 64.1 Å². The third kappa shape index (κ3) is 7.12. The number of ether oxygens (including phenoxy) is 1. The number of aromatic hydroxyl groups is 1. The van der Waals surface area contributed by atoms with Crippen LogP contribution in [0.1, 0.15) is 29.5 Å². The van der Waals surface area contributed by atoms with Crippen molar-refractivity contribution in [3.05, 3.63) is 87.6 Å². The van der Waals surface area contributed by atoms with Crippen LogP contribution >= 0.6 is 11.6 Å². The maximum absolute atomic E-state index is 12.8. The smallest absolute Gasteiger partial charge is 0.506 e. The standard InChI is InChI=1S/C31H37ClF3N5O2/c32-30-22(3-1-4-29(30)41)19-39-13-11-38(12-14-39)18-21-5-8-28-26(15-21)27(20-40(28)10-2-9-36)25-7-6-24(16-23(25)17-37)42-31(33,34)35/h1,3-7,15-16,20,28,41H,2,8-14,17-19,36-37H2. The number of nitrogens with two attached hydrogens (primary N) is 2. The van der Waals surface area contributed by atoms with Crippen molar-refractivity contribution in [1.29, 1.82) is 0 Å². The first-order valence-electron chi connectivity index (χ1n) is 14.2. The molecule has 7 nitrogen and oxygen atoms in total. The van der Waals surface area contributed by atoms with Crippen molar-refractivity contribution in [2.24, 2.45) is 11.5 Å². The monoisotopic (exact) mass is 603 g/mol. The minimum atomic E-state index is -4.77. The van der Waals surface area contributed by atoms with Gasteiger partial charge in [-0.05, 0) is 65.4 Å². The average molecular weight is 604 g/mol. The van der Waals surface area contributed by atoms with E-state index in [-0.39, 0.29) is 24.1 Å². The highest BCUT2D eigenvalue weighted by atomic mass is 35.5. The predicted octanol–water partition coefficient (Wildman–Crippen LogP) is 4.85. The Morgan fingerprint density at radius 3 is 2.43 bits per heavy atom. The van der Waals surface area contributed by atoms with Gasteiger partial charge in [0.05, 0.1) is 11.1 Å². The maximum atomic E-state index is 12.8. The number of nitrogens with zero attached hydrogens (tertiary/aromatic N) is 3. The zero-order valence-corrected chi connectivity index (χ0v) is 24.2. The molecule has 11 heteroatoms. The van der Waals surface area contributed by atoms with Gasteiger partial charge in [0.15, 0.2) is 0 Å². The summed E-state index contributed by atoms with van der Waals surface area (Å²) in [4.78, 5) is 7.06. The van der Waals surface area contributed by atoms with Crippen molar-refractivity contribution in [3.8, 4) is 11.5 Å². The number of alkyl halides is 3. The summed E-state index contributed by atoms with van der Waals surface area (Å²) in [5.74, 6) is -0.167. The van der Waals surface area contributed by atoms with E-state index in [9.17, 15) is 18.3 Å². The minimum Gasteiger partial charge on any atom is -0.506 e. The van der Waals surface area contributed by atoms with Gasteiger partial charge >= 0.3 is 6.36 Å². The van der Waals surface area contributed by atoms with Gasteiger partial charge in [-0.3, -0.25) is 9.80 Å². The van der Waals surface area contributed by atoms with Crippen LogP contribution in [-0.4, -0.2) is 78.0 Å².